The number of hydrogen-bond donors (Lipinski definition) is 2. The molecule has 0 heterocycles. The lowest BCUT2D eigenvalue weighted by molar-refractivity contribution is 0.218. The quantitative estimate of drug-likeness (QED) is 0.488. The first-order chi connectivity index (χ1) is 13.8. The number of aliphatic hydroxyl groups is 2. The van der Waals surface area contributed by atoms with Gasteiger partial charge in [0.15, 0.2) is 0 Å². The van der Waals surface area contributed by atoms with E-state index in [9.17, 15) is 10.2 Å². The number of benzene rings is 4. The Balaban J connectivity index is 1.81. The van der Waals surface area contributed by atoms with E-state index >= 15 is 0 Å². The van der Waals surface area contributed by atoms with E-state index in [2.05, 4.69) is 0 Å². The summed E-state index contributed by atoms with van der Waals surface area (Å²) in [4.78, 5) is 0. The molecule has 2 N–H and O–H groups in total. The van der Waals surface area contributed by atoms with Gasteiger partial charge >= 0.3 is 0 Å². The highest BCUT2D eigenvalue weighted by Crippen LogP contribution is 2.37. The summed E-state index contributed by atoms with van der Waals surface area (Å²) < 4.78 is 0. The van der Waals surface area contributed by atoms with Crippen LogP contribution in [0.3, 0.4) is 0 Å². The van der Waals surface area contributed by atoms with Crippen LogP contribution in [-0.2, 0) is 0 Å². The Morgan fingerprint density at radius 3 is 1.11 bits per heavy atom. The molecule has 2 nitrogen and oxygen atoms in total. The molecule has 4 rings (SSSR count). The molecule has 2 unspecified atom stereocenters. The molecule has 0 amide bonds. The van der Waals surface area contributed by atoms with Crippen LogP contribution in [0.5, 0.6) is 0 Å². The summed E-state index contributed by atoms with van der Waals surface area (Å²) in [5, 5.41) is 22.0. The molecule has 4 aromatic rings. The zero-order valence-corrected chi connectivity index (χ0v) is 15.4. The fourth-order valence-electron chi connectivity index (χ4n) is 3.59. The molecule has 28 heavy (non-hydrogen) atoms. The third kappa shape index (κ3) is 3.61. The van der Waals surface area contributed by atoms with E-state index < -0.39 is 12.2 Å². The van der Waals surface area contributed by atoms with E-state index in [0.717, 1.165) is 33.4 Å². The molecular weight excluding hydrogens is 344 g/mol. The fraction of sp³-hybridized carbons (Fsp3) is 0.0769. The van der Waals surface area contributed by atoms with Gasteiger partial charge in [-0.15, -0.1) is 0 Å². The summed E-state index contributed by atoms with van der Waals surface area (Å²) in [6.45, 7) is 0. The van der Waals surface area contributed by atoms with Crippen molar-refractivity contribution < 1.29 is 10.2 Å². The van der Waals surface area contributed by atoms with Gasteiger partial charge < -0.3 is 10.2 Å². The predicted molar refractivity (Wildman–Crippen MR) is 113 cm³/mol. The molecule has 2 atom stereocenters. The Hall–Kier alpha value is -3.20. The summed E-state index contributed by atoms with van der Waals surface area (Å²) in [6, 6.07) is 34.9. The minimum atomic E-state index is -0.737. The van der Waals surface area contributed by atoms with Crippen molar-refractivity contribution in [1.82, 2.24) is 0 Å². The zero-order chi connectivity index (χ0) is 19.3. The monoisotopic (exact) mass is 366 g/mol. The molecule has 4 aromatic carbocycles. The molecule has 0 radical (unpaired) electrons. The second-order valence-electron chi connectivity index (χ2n) is 6.80. The average molecular weight is 366 g/mol. The molecule has 2 heteroatoms. The van der Waals surface area contributed by atoms with Crippen LogP contribution < -0.4 is 0 Å². The standard InChI is InChI=1S/C26H22O2/c27-25(19-11-3-1-4-12-19)23-17-9-7-15-21(23)22-16-8-10-18-24(22)26(28)20-13-5-2-6-14-20/h1-18,25-28H. The average Bonchev–Trinajstić information content (AvgIpc) is 2.79. The van der Waals surface area contributed by atoms with E-state index in [1.807, 2.05) is 109 Å². The summed E-state index contributed by atoms with van der Waals surface area (Å²) >= 11 is 0. The van der Waals surface area contributed by atoms with E-state index in [1.54, 1.807) is 0 Å². The molecule has 0 saturated carbocycles. The van der Waals surface area contributed by atoms with Crippen LogP contribution in [-0.4, -0.2) is 10.2 Å². The van der Waals surface area contributed by atoms with Gasteiger partial charge in [0.2, 0.25) is 0 Å². The van der Waals surface area contributed by atoms with Gasteiger partial charge in [-0.25, -0.2) is 0 Å². The van der Waals surface area contributed by atoms with Gasteiger partial charge in [-0.05, 0) is 33.4 Å². The second kappa shape index (κ2) is 8.22. The maximum absolute atomic E-state index is 11.0. The first-order valence-corrected chi connectivity index (χ1v) is 9.40. The Bertz CT molecular complexity index is 955. The lowest BCUT2D eigenvalue weighted by Crippen LogP contribution is -2.05. The normalized spacial score (nSPS) is 13.1. The molecule has 0 aliphatic rings. The third-order valence-electron chi connectivity index (χ3n) is 5.03. The van der Waals surface area contributed by atoms with Gasteiger partial charge in [0.05, 0.1) is 0 Å². The van der Waals surface area contributed by atoms with Gasteiger partial charge in [0.1, 0.15) is 12.2 Å². The van der Waals surface area contributed by atoms with E-state index in [1.165, 1.54) is 0 Å². The Morgan fingerprint density at radius 2 is 0.714 bits per heavy atom. The Morgan fingerprint density at radius 1 is 0.393 bits per heavy atom. The minimum absolute atomic E-state index is 0.737. The SMILES string of the molecule is OC(c1ccccc1)c1ccccc1-c1ccccc1C(O)c1ccccc1. The van der Waals surface area contributed by atoms with Crippen molar-refractivity contribution in [2.45, 2.75) is 12.2 Å². The highest BCUT2D eigenvalue weighted by atomic mass is 16.3. The van der Waals surface area contributed by atoms with Crippen molar-refractivity contribution in [2.75, 3.05) is 0 Å². The Kier molecular flexibility index (Phi) is 5.34. The summed E-state index contributed by atoms with van der Waals surface area (Å²) in [5.41, 5.74) is 5.17. The first-order valence-electron chi connectivity index (χ1n) is 9.40. The van der Waals surface area contributed by atoms with Crippen molar-refractivity contribution in [3.8, 4) is 11.1 Å². The molecule has 138 valence electrons. The van der Waals surface area contributed by atoms with Crippen molar-refractivity contribution in [2.24, 2.45) is 0 Å². The molecule has 0 fully saturated rings. The number of aliphatic hydroxyl groups excluding tert-OH is 2. The summed E-state index contributed by atoms with van der Waals surface area (Å²) in [7, 11) is 0. The summed E-state index contributed by atoms with van der Waals surface area (Å²) in [5.74, 6) is 0. The molecular formula is C26H22O2. The van der Waals surface area contributed by atoms with Gasteiger partial charge in [-0.1, -0.05) is 109 Å². The highest BCUT2D eigenvalue weighted by Gasteiger charge is 2.20. The lowest BCUT2D eigenvalue weighted by Gasteiger charge is -2.20. The minimum Gasteiger partial charge on any atom is -0.384 e. The molecule has 0 bridgehead atoms. The smallest absolute Gasteiger partial charge is 0.105 e. The van der Waals surface area contributed by atoms with Crippen LogP contribution in [0.2, 0.25) is 0 Å². The largest absolute Gasteiger partial charge is 0.384 e. The topological polar surface area (TPSA) is 40.5 Å². The van der Waals surface area contributed by atoms with Gasteiger partial charge in [-0.2, -0.15) is 0 Å². The second-order valence-corrected chi connectivity index (χ2v) is 6.80. The van der Waals surface area contributed by atoms with Crippen molar-refractivity contribution >= 4 is 0 Å². The van der Waals surface area contributed by atoms with Gasteiger partial charge in [0, 0.05) is 0 Å². The van der Waals surface area contributed by atoms with Crippen LogP contribution in [0.25, 0.3) is 11.1 Å². The Labute approximate surface area is 165 Å². The fourth-order valence-corrected chi connectivity index (χ4v) is 3.59. The van der Waals surface area contributed by atoms with Crippen LogP contribution in [0.1, 0.15) is 34.5 Å². The lowest BCUT2D eigenvalue weighted by atomic mass is 9.88. The van der Waals surface area contributed by atoms with Crippen LogP contribution in [0, 0.1) is 0 Å². The van der Waals surface area contributed by atoms with E-state index in [-0.39, 0.29) is 0 Å². The van der Waals surface area contributed by atoms with E-state index in [4.69, 9.17) is 0 Å². The first kappa shape index (κ1) is 18.2. The maximum Gasteiger partial charge on any atom is 0.105 e. The van der Waals surface area contributed by atoms with Crippen molar-refractivity contribution in [3.05, 3.63) is 131 Å². The molecule has 0 aliphatic carbocycles. The van der Waals surface area contributed by atoms with Crippen molar-refractivity contribution in [1.29, 1.82) is 0 Å². The molecule has 0 aromatic heterocycles. The van der Waals surface area contributed by atoms with Crippen LogP contribution >= 0.6 is 0 Å². The van der Waals surface area contributed by atoms with Gasteiger partial charge in [-0.3, -0.25) is 0 Å². The van der Waals surface area contributed by atoms with Crippen molar-refractivity contribution in [3.63, 3.8) is 0 Å². The predicted octanol–water partition coefficient (Wildman–Crippen LogP) is 5.52. The molecule has 0 aliphatic heterocycles. The third-order valence-corrected chi connectivity index (χ3v) is 5.03. The van der Waals surface area contributed by atoms with E-state index in [0.29, 0.717) is 0 Å². The summed E-state index contributed by atoms with van der Waals surface area (Å²) in [6.07, 6.45) is -1.47. The molecule has 0 saturated heterocycles. The van der Waals surface area contributed by atoms with Gasteiger partial charge in [0.25, 0.3) is 0 Å². The zero-order valence-electron chi connectivity index (χ0n) is 15.4. The van der Waals surface area contributed by atoms with Crippen LogP contribution in [0.15, 0.2) is 109 Å². The maximum atomic E-state index is 11.0. The van der Waals surface area contributed by atoms with Crippen LogP contribution in [0.4, 0.5) is 0 Å². The number of rotatable bonds is 5. The highest BCUT2D eigenvalue weighted by molar-refractivity contribution is 5.72. The molecule has 0 spiro atoms. The number of hydrogen-bond acceptors (Lipinski definition) is 2.